The molecule has 1 aliphatic carbocycles. The van der Waals surface area contributed by atoms with Crippen molar-refractivity contribution >= 4 is 6.41 Å². The van der Waals surface area contributed by atoms with Gasteiger partial charge in [-0.15, -0.1) is 0 Å². The Kier molecular flexibility index (Phi) is 5.78. The van der Waals surface area contributed by atoms with E-state index in [1.807, 2.05) is 0 Å². The van der Waals surface area contributed by atoms with E-state index >= 15 is 0 Å². The van der Waals surface area contributed by atoms with Gasteiger partial charge in [-0.1, -0.05) is 0 Å². The fourth-order valence-electron chi connectivity index (χ4n) is 3.37. The standard InChI is InChI=1S/C15H27FN2O2/c1-15(16)4-2-13(3-5-15)10-14-11-20-9-8-18(14)7-6-17-12-19/h12-14H,2-11H2,1H3,(H,17,19). The highest BCUT2D eigenvalue weighted by Gasteiger charge is 2.33. The first kappa shape index (κ1) is 15.7. The van der Waals surface area contributed by atoms with Crippen LogP contribution in [0.5, 0.6) is 0 Å². The number of halogens is 1. The van der Waals surface area contributed by atoms with E-state index in [0.29, 0.717) is 31.3 Å². The van der Waals surface area contributed by atoms with Crippen LogP contribution in [0.2, 0.25) is 0 Å². The molecule has 0 aromatic heterocycles. The normalized spacial score (nSPS) is 35.7. The number of hydrogen-bond donors (Lipinski definition) is 1. The first-order chi connectivity index (χ1) is 9.61. The third-order valence-corrected chi connectivity index (χ3v) is 4.73. The first-order valence-electron chi connectivity index (χ1n) is 7.78. The summed E-state index contributed by atoms with van der Waals surface area (Å²) in [6.45, 7) is 5.76. The van der Waals surface area contributed by atoms with Crippen LogP contribution >= 0.6 is 0 Å². The summed E-state index contributed by atoms with van der Waals surface area (Å²) in [5.41, 5.74) is -0.951. The van der Waals surface area contributed by atoms with Gasteiger partial charge in [0.15, 0.2) is 0 Å². The third kappa shape index (κ3) is 4.70. The summed E-state index contributed by atoms with van der Waals surface area (Å²) in [6, 6.07) is 0.422. The SMILES string of the molecule is CC1(F)CCC(CC2COCCN2CCNC=O)CC1. The summed E-state index contributed by atoms with van der Waals surface area (Å²) in [4.78, 5) is 12.7. The van der Waals surface area contributed by atoms with E-state index in [4.69, 9.17) is 4.74 Å². The largest absolute Gasteiger partial charge is 0.378 e. The van der Waals surface area contributed by atoms with Crippen molar-refractivity contribution in [3.63, 3.8) is 0 Å². The van der Waals surface area contributed by atoms with Crippen LogP contribution < -0.4 is 5.32 Å². The van der Waals surface area contributed by atoms with Crippen LogP contribution in [-0.2, 0) is 9.53 Å². The van der Waals surface area contributed by atoms with Gasteiger partial charge in [0, 0.05) is 25.7 Å². The van der Waals surface area contributed by atoms with Crippen molar-refractivity contribution in [1.82, 2.24) is 10.2 Å². The molecule has 1 saturated carbocycles. The van der Waals surface area contributed by atoms with Crippen molar-refractivity contribution in [3.05, 3.63) is 0 Å². The highest BCUT2D eigenvalue weighted by atomic mass is 19.1. The van der Waals surface area contributed by atoms with Crippen LogP contribution in [0, 0.1) is 5.92 Å². The smallest absolute Gasteiger partial charge is 0.207 e. The molecule has 116 valence electrons. The number of carbonyl (C=O) groups excluding carboxylic acids is 1. The van der Waals surface area contributed by atoms with Crippen molar-refractivity contribution in [2.45, 2.75) is 50.7 Å². The second-order valence-corrected chi connectivity index (χ2v) is 6.43. The topological polar surface area (TPSA) is 41.6 Å². The highest BCUT2D eigenvalue weighted by Crippen LogP contribution is 2.37. The van der Waals surface area contributed by atoms with Crippen LogP contribution in [-0.4, -0.2) is 55.9 Å². The lowest BCUT2D eigenvalue weighted by molar-refractivity contribution is -0.109. The molecule has 0 aromatic rings. The Morgan fingerprint density at radius 3 is 2.90 bits per heavy atom. The molecule has 1 unspecified atom stereocenters. The molecule has 0 aromatic carbocycles. The number of amides is 1. The molecule has 1 saturated heterocycles. The Balaban J connectivity index is 1.78. The Hall–Kier alpha value is -0.680. The molecule has 0 radical (unpaired) electrons. The van der Waals surface area contributed by atoms with E-state index in [9.17, 15) is 9.18 Å². The number of nitrogens with one attached hydrogen (secondary N) is 1. The molecule has 2 fully saturated rings. The van der Waals surface area contributed by atoms with Gasteiger partial charge in [0.05, 0.1) is 13.2 Å². The van der Waals surface area contributed by atoms with Gasteiger partial charge in [-0.3, -0.25) is 9.69 Å². The van der Waals surface area contributed by atoms with E-state index in [0.717, 1.165) is 52.0 Å². The number of hydrogen-bond acceptors (Lipinski definition) is 3. The maximum Gasteiger partial charge on any atom is 0.207 e. The van der Waals surface area contributed by atoms with Crippen molar-refractivity contribution in [1.29, 1.82) is 0 Å². The third-order valence-electron chi connectivity index (χ3n) is 4.73. The molecule has 1 aliphatic heterocycles. The average molecular weight is 286 g/mol. The molecule has 1 amide bonds. The zero-order chi connectivity index (χ0) is 14.4. The second kappa shape index (κ2) is 7.36. The maximum absolute atomic E-state index is 13.8. The molecule has 0 spiro atoms. The number of nitrogens with zero attached hydrogens (tertiary/aromatic N) is 1. The van der Waals surface area contributed by atoms with Gasteiger partial charge in [0.25, 0.3) is 0 Å². The predicted octanol–water partition coefficient (Wildman–Crippen LogP) is 1.74. The Morgan fingerprint density at radius 2 is 2.20 bits per heavy atom. The summed E-state index contributed by atoms with van der Waals surface area (Å²) >= 11 is 0. The van der Waals surface area contributed by atoms with Gasteiger partial charge in [-0.2, -0.15) is 0 Å². The molecule has 1 atom stereocenters. The lowest BCUT2D eigenvalue weighted by Gasteiger charge is -2.39. The van der Waals surface area contributed by atoms with Crippen molar-refractivity contribution in [3.8, 4) is 0 Å². The molecule has 1 heterocycles. The lowest BCUT2D eigenvalue weighted by Crippen LogP contribution is -2.48. The number of morpholine rings is 1. The molecule has 5 heteroatoms. The second-order valence-electron chi connectivity index (χ2n) is 6.43. The Bertz CT molecular complexity index is 302. The van der Waals surface area contributed by atoms with E-state index in [-0.39, 0.29) is 0 Å². The number of rotatable bonds is 6. The van der Waals surface area contributed by atoms with E-state index in [2.05, 4.69) is 10.2 Å². The first-order valence-corrected chi connectivity index (χ1v) is 7.78. The van der Waals surface area contributed by atoms with Crippen molar-refractivity contribution < 1.29 is 13.9 Å². The summed E-state index contributed by atoms with van der Waals surface area (Å²) < 4.78 is 19.4. The van der Waals surface area contributed by atoms with Crippen LogP contribution in [0.25, 0.3) is 0 Å². The monoisotopic (exact) mass is 286 g/mol. The van der Waals surface area contributed by atoms with Crippen LogP contribution in [0.1, 0.15) is 39.0 Å². The van der Waals surface area contributed by atoms with Crippen molar-refractivity contribution in [2.75, 3.05) is 32.8 Å². The zero-order valence-electron chi connectivity index (χ0n) is 12.4. The highest BCUT2D eigenvalue weighted by molar-refractivity contribution is 5.45. The van der Waals surface area contributed by atoms with Gasteiger partial charge in [-0.05, 0) is 44.9 Å². The number of alkyl halides is 1. The van der Waals surface area contributed by atoms with Gasteiger partial charge in [-0.25, -0.2) is 4.39 Å². The van der Waals surface area contributed by atoms with Gasteiger partial charge in [0.1, 0.15) is 5.67 Å². The minimum atomic E-state index is -0.951. The summed E-state index contributed by atoms with van der Waals surface area (Å²) in [5.74, 6) is 0.618. The Morgan fingerprint density at radius 1 is 1.45 bits per heavy atom. The van der Waals surface area contributed by atoms with Gasteiger partial charge >= 0.3 is 0 Å². The molecule has 20 heavy (non-hydrogen) atoms. The summed E-state index contributed by atoms with van der Waals surface area (Å²) in [5, 5.41) is 2.72. The molecule has 2 aliphatic rings. The fourth-order valence-corrected chi connectivity index (χ4v) is 3.37. The van der Waals surface area contributed by atoms with Crippen LogP contribution in [0.15, 0.2) is 0 Å². The molecule has 1 N–H and O–H groups in total. The van der Waals surface area contributed by atoms with Crippen LogP contribution in [0.3, 0.4) is 0 Å². The molecule has 0 bridgehead atoms. The minimum absolute atomic E-state index is 0.422. The van der Waals surface area contributed by atoms with Gasteiger partial charge < -0.3 is 10.1 Å². The van der Waals surface area contributed by atoms with E-state index in [1.54, 1.807) is 6.92 Å². The van der Waals surface area contributed by atoms with E-state index in [1.165, 1.54) is 0 Å². The number of ether oxygens (including phenoxy) is 1. The van der Waals surface area contributed by atoms with Crippen LogP contribution in [0.4, 0.5) is 4.39 Å². The minimum Gasteiger partial charge on any atom is -0.378 e. The quantitative estimate of drug-likeness (QED) is 0.597. The molecule has 2 rings (SSSR count). The zero-order valence-corrected chi connectivity index (χ0v) is 12.4. The maximum atomic E-state index is 13.8. The van der Waals surface area contributed by atoms with Crippen molar-refractivity contribution in [2.24, 2.45) is 5.92 Å². The summed E-state index contributed by atoms with van der Waals surface area (Å²) in [7, 11) is 0. The Labute approximate surface area is 121 Å². The summed E-state index contributed by atoms with van der Waals surface area (Å²) in [6.07, 6.45) is 5.21. The average Bonchev–Trinajstić information content (AvgIpc) is 2.43. The molecular formula is C15H27FN2O2. The van der Waals surface area contributed by atoms with Gasteiger partial charge in [0.2, 0.25) is 6.41 Å². The molecule has 4 nitrogen and oxygen atoms in total. The molecular weight excluding hydrogens is 259 g/mol. The lowest BCUT2D eigenvalue weighted by atomic mass is 9.78. The number of carbonyl (C=O) groups is 1. The van der Waals surface area contributed by atoms with E-state index < -0.39 is 5.67 Å². The fraction of sp³-hybridized carbons (Fsp3) is 0.933. The predicted molar refractivity (Wildman–Crippen MR) is 76.3 cm³/mol.